The van der Waals surface area contributed by atoms with Gasteiger partial charge in [0.15, 0.2) is 0 Å². The molecule has 4 rings (SSSR count). The number of hydrogen-bond donors (Lipinski definition) is 0. The summed E-state index contributed by atoms with van der Waals surface area (Å²) >= 11 is 0. The van der Waals surface area contributed by atoms with Crippen LogP contribution >= 0.6 is 0 Å². The predicted molar refractivity (Wildman–Crippen MR) is 121 cm³/mol. The van der Waals surface area contributed by atoms with Crippen LogP contribution in [0.3, 0.4) is 0 Å². The lowest BCUT2D eigenvalue weighted by molar-refractivity contribution is -0.121. The Bertz CT molecular complexity index is 897. The summed E-state index contributed by atoms with van der Waals surface area (Å²) in [5, 5.41) is 0. The Labute approximate surface area is 175 Å². The molecule has 0 radical (unpaired) electrons. The van der Waals surface area contributed by atoms with Crippen molar-refractivity contribution in [2.24, 2.45) is 0 Å². The maximum atomic E-state index is 13.5. The van der Waals surface area contributed by atoms with Gasteiger partial charge in [0.1, 0.15) is 0 Å². The molecule has 1 saturated heterocycles. The predicted octanol–water partition coefficient (Wildman–Crippen LogP) is 5.30. The number of para-hydroxylation sites is 1. The lowest BCUT2D eigenvalue weighted by atomic mass is 9.65. The van der Waals surface area contributed by atoms with Crippen molar-refractivity contribution in [3.8, 4) is 0 Å². The van der Waals surface area contributed by atoms with Crippen LogP contribution in [-0.2, 0) is 10.2 Å². The Balaban J connectivity index is 1.75. The van der Waals surface area contributed by atoms with Crippen molar-refractivity contribution in [3.05, 3.63) is 65.2 Å². The highest BCUT2D eigenvalue weighted by Gasteiger charge is 2.47. The monoisotopic (exact) mass is 390 g/mol. The van der Waals surface area contributed by atoms with Gasteiger partial charge in [-0.2, -0.15) is 0 Å². The number of nitrogens with zero attached hydrogens (tertiary/aromatic N) is 2. The quantitative estimate of drug-likeness (QED) is 0.710. The molecule has 0 spiro atoms. The zero-order valence-electron chi connectivity index (χ0n) is 18.4. The first-order valence-corrected chi connectivity index (χ1v) is 11.0. The molecular formula is C26H34N2O. The van der Waals surface area contributed by atoms with Crippen molar-refractivity contribution in [2.75, 3.05) is 24.5 Å². The summed E-state index contributed by atoms with van der Waals surface area (Å²) in [5.41, 5.74) is 4.59. The standard InChI is InChI=1S/C26H34N2O/c1-20-11-10-12-21(17-20)26(4)19-25(2,3)28(23-14-7-6-13-22(23)26)24(29)18-27-15-8-5-9-16-27/h6-7,10-14,17H,5,8-9,15-16,18-19H2,1-4H3. The molecule has 2 heterocycles. The maximum Gasteiger partial charge on any atom is 0.241 e. The highest BCUT2D eigenvalue weighted by Crippen LogP contribution is 2.50. The largest absolute Gasteiger partial charge is 0.305 e. The van der Waals surface area contributed by atoms with Gasteiger partial charge < -0.3 is 4.90 Å². The van der Waals surface area contributed by atoms with E-state index >= 15 is 0 Å². The molecule has 2 aromatic carbocycles. The molecule has 2 aliphatic heterocycles. The molecule has 2 aromatic rings. The minimum absolute atomic E-state index is 0.117. The molecule has 3 nitrogen and oxygen atoms in total. The van der Waals surface area contributed by atoms with Gasteiger partial charge in [-0.25, -0.2) is 0 Å². The van der Waals surface area contributed by atoms with Gasteiger partial charge in [-0.05, 0) is 70.3 Å². The van der Waals surface area contributed by atoms with Crippen LogP contribution in [0.25, 0.3) is 0 Å². The van der Waals surface area contributed by atoms with Crippen LogP contribution in [0.1, 0.15) is 63.1 Å². The van der Waals surface area contributed by atoms with E-state index in [-0.39, 0.29) is 16.9 Å². The number of rotatable bonds is 3. The highest BCUT2D eigenvalue weighted by molar-refractivity contribution is 5.98. The van der Waals surface area contributed by atoms with Gasteiger partial charge in [-0.1, -0.05) is 61.4 Å². The van der Waals surface area contributed by atoms with Crippen LogP contribution in [0.5, 0.6) is 0 Å². The topological polar surface area (TPSA) is 23.6 Å². The summed E-state index contributed by atoms with van der Waals surface area (Å²) < 4.78 is 0. The molecule has 0 aliphatic carbocycles. The van der Waals surface area contributed by atoms with Crippen LogP contribution in [0, 0.1) is 6.92 Å². The minimum Gasteiger partial charge on any atom is -0.305 e. The summed E-state index contributed by atoms with van der Waals surface area (Å²) in [6, 6.07) is 17.4. The van der Waals surface area contributed by atoms with Gasteiger partial charge >= 0.3 is 0 Å². The number of likely N-dealkylation sites (tertiary alicyclic amines) is 1. The van der Waals surface area contributed by atoms with E-state index in [1.807, 2.05) is 0 Å². The Hall–Kier alpha value is -2.13. The number of carbonyl (C=O) groups excluding carboxylic acids is 1. The molecule has 1 amide bonds. The normalized spacial score (nSPS) is 24.2. The fourth-order valence-electron chi connectivity index (χ4n) is 5.60. The Morgan fingerprint density at radius 2 is 1.69 bits per heavy atom. The number of hydrogen-bond acceptors (Lipinski definition) is 2. The SMILES string of the molecule is Cc1cccc(C2(C)CC(C)(C)N(C(=O)CN3CCCCC3)c3ccccc32)c1. The average Bonchev–Trinajstić information content (AvgIpc) is 2.68. The van der Waals surface area contributed by atoms with E-state index in [1.165, 1.54) is 36.0 Å². The molecule has 0 N–H and O–H groups in total. The molecule has 154 valence electrons. The van der Waals surface area contributed by atoms with Gasteiger partial charge in [-0.15, -0.1) is 0 Å². The first-order chi connectivity index (χ1) is 13.8. The molecule has 1 atom stereocenters. The van der Waals surface area contributed by atoms with Crippen molar-refractivity contribution >= 4 is 11.6 Å². The van der Waals surface area contributed by atoms with E-state index in [1.54, 1.807) is 0 Å². The van der Waals surface area contributed by atoms with Crippen molar-refractivity contribution in [1.82, 2.24) is 4.90 Å². The molecule has 1 unspecified atom stereocenters. The average molecular weight is 391 g/mol. The van der Waals surface area contributed by atoms with E-state index in [9.17, 15) is 4.79 Å². The van der Waals surface area contributed by atoms with Crippen LogP contribution in [0.4, 0.5) is 5.69 Å². The fraction of sp³-hybridized carbons (Fsp3) is 0.500. The lowest BCUT2D eigenvalue weighted by Gasteiger charge is -2.51. The Morgan fingerprint density at radius 3 is 2.41 bits per heavy atom. The van der Waals surface area contributed by atoms with E-state index < -0.39 is 0 Å². The number of anilines is 1. The van der Waals surface area contributed by atoms with E-state index in [4.69, 9.17) is 0 Å². The third-order valence-corrected chi connectivity index (χ3v) is 6.84. The number of fused-ring (bicyclic) bond motifs is 1. The second kappa shape index (κ2) is 7.60. The second-order valence-corrected chi connectivity index (χ2v) is 9.77. The van der Waals surface area contributed by atoms with Crippen LogP contribution in [0.2, 0.25) is 0 Å². The van der Waals surface area contributed by atoms with Crippen molar-refractivity contribution in [3.63, 3.8) is 0 Å². The number of carbonyl (C=O) groups is 1. The molecule has 1 fully saturated rings. The summed E-state index contributed by atoms with van der Waals surface area (Å²) in [6.45, 7) is 11.6. The first kappa shape index (κ1) is 20.2. The van der Waals surface area contributed by atoms with Crippen LogP contribution in [0.15, 0.2) is 48.5 Å². The second-order valence-electron chi connectivity index (χ2n) is 9.77. The zero-order chi connectivity index (χ0) is 20.6. The van der Waals surface area contributed by atoms with Gasteiger partial charge in [0.25, 0.3) is 0 Å². The maximum absolute atomic E-state index is 13.5. The summed E-state index contributed by atoms with van der Waals surface area (Å²) in [6.07, 6.45) is 4.61. The van der Waals surface area contributed by atoms with E-state index in [2.05, 4.69) is 86.0 Å². The van der Waals surface area contributed by atoms with Crippen molar-refractivity contribution < 1.29 is 4.79 Å². The Kier molecular flexibility index (Phi) is 5.29. The van der Waals surface area contributed by atoms with Gasteiger partial charge in [0.2, 0.25) is 5.91 Å². The van der Waals surface area contributed by atoms with Gasteiger partial charge in [-0.3, -0.25) is 9.69 Å². The van der Waals surface area contributed by atoms with E-state index in [0.29, 0.717) is 6.54 Å². The number of benzene rings is 2. The first-order valence-electron chi connectivity index (χ1n) is 11.0. The van der Waals surface area contributed by atoms with E-state index in [0.717, 1.165) is 25.2 Å². The summed E-state index contributed by atoms with van der Waals surface area (Å²) in [7, 11) is 0. The summed E-state index contributed by atoms with van der Waals surface area (Å²) in [5.74, 6) is 0.232. The Morgan fingerprint density at radius 1 is 0.966 bits per heavy atom. The molecule has 0 aromatic heterocycles. The third-order valence-electron chi connectivity index (χ3n) is 6.84. The lowest BCUT2D eigenvalue weighted by Crippen LogP contribution is -2.58. The number of piperidine rings is 1. The highest BCUT2D eigenvalue weighted by atomic mass is 16.2. The molecule has 2 aliphatic rings. The third kappa shape index (κ3) is 3.73. The number of amides is 1. The van der Waals surface area contributed by atoms with Crippen LogP contribution < -0.4 is 4.90 Å². The van der Waals surface area contributed by atoms with Gasteiger partial charge in [0, 0.05) is 16.6 Å². The minimum atomic E-state index is -0.250. The van der Waals surface area contributed by atoms with Gasteiger partial charge in [0.05, 0.1) is 6.54 Å². The van der Waals surface area contributed by atoms with Crippen LogP contribution in [-0.4, -0.2) is 36.0 Å². The van der Waals surface area contributed by atoms with Crippen molar-refractivity contribution in [1.29, 1.82) is 0 Å². The molecule has 0 saturated carbocycles. The smallest absolute Gasteiger partial charge is 0.241 e. The van der Waals surface area contributed by atoms with Crippen molar-refractivity contribution in [2.45, 2.75) is 64.3 Å². The molecule has 3 heteroatoms. The summed E-state index contributed by atoms with van der Waals surface area (Å²) in [4.78, 5) is 18.0. The number of aryl methyl sites for hydroxylation is 1. The molecule has 29 heavy (non-hydrogen) atoms. The zero-order valence-corrected chi connectivity index (χ0v) is 18.4. The molecular weight excluding hydrogens is 356 g/mol. The molecule has 0 bridgehead atoms. The fourth-order valence-corrected chi connectivity index (χ4v) is 5.60.